The third kappa shape index (κ3) is 5.26. The van der Waals surface area contributed by atoms with Gasteiger partial charge in [-0.25, -0.2) is 4.98 Å². The molecule has 5 heteroatoms. The van der Waals surface area contributed by atoms with Crippen LogP contribution < -0.4 is 5.32 Å². The van der Waals surface area contributed by atoms with E-state index in [0.29, 0.717) is 6.42 Å². The Labute approximate surface area is 206 Å². The maximum absolute atomic E-state index is 13.1. The first-order chi connectivity index (χ1) is 16.4. The zero-order valence-electron chi connectivity index (χ0n) is 20.4. The van der Waals surface area contributed by atoms with Crippen molar-refractivity contribution in [3.63, 3.8) is 0 Å². The van der Waals surface area contributed by atoms with Crippen molar-refractivity contribution in [2.75, 3.05) is 5.32 Å². The Kier molecular flexibility index (Phi) is 7.23. The fourth-order valence-electron chi connectivity index (χ4n) is 3.81. The summed E-state index contributed by atoms with van der Waals surface area (Å²) in [6.45, 7) is 10.3. The highest BCUT2D eigenvalue weighted by molar-refractivity contribution is 8.00. The normalized spacial score (nSPS) is 11.9. The quantitative estimate of drug-likeness (QED) is 0.276. The Balaban J connectivity index is 1.64. The number of nitrogens with one attached hydrogen (secondary N) is 2. The molecule has 1 unspecified atom stereocenters. The van der Waals surface area contributed by atoms with Crippen LogP contribution in [0.4, 0.5) is 5.69 Å². The van der Waals surface area contributed by atoms with Crippen LogP contribution in [-0.2, 0) is 4.79 Å². The molecule has 3 aromatic carbocycles. The summed E-state index contributed by atoms with van der Waals surface area (Å²) >= 11 is 1.48. The zero-order valence-corrected chi connectivity index (χ0v) is 21.2. The van der Waals surface area contributed by atoms with Crippen molar-refractivity contribution in [3.8, 4) is 22.5 Å². The summed E-state index contributed by atoms with van der Waals surface area (Å²) in [5, 5.41) is 3.60. The van der Waals surface area contributed by atoms with Gasteiger partial charge in [0.1, 0.15) is 0 Å². The molecule has 0 bridgehead atoms. The zero-order chi connectivity index (χ0) is 24.2. The molecule has 0 fully saturated rings. The maximum atomic E-state index is 13.1. The van der Waals surface area contributed by atoms with E-state index < -0.39 is 0 Å². The summed E-state index contributed by atoms with van der Waals surface area (Å²) in [6, 6.07) is 22.8. The monoisotopic (exact) mass is 469 g/mol. The van der Waals surface area contributed by atoms with Gasteiger partial charge in [-0.3, -0.25) is 4.79 Å². The lowest BCUT2D eigenvalue weighted by molar-refractivity contribution is -0.115. The van der Waals surface area contributed by atoms with Gasteiger partial charge in [0.2, 0.25) is 5.91 Å². The standard InChI is InChI=1S/C29H31N3OS/c1-6-25(28(33)30-24-9-7-8-20(4)21(24)5)34-29-31-26(22-14-10-18(2)11-15-22)27(32-29)23-16-12-19(3)13-17-23/h7-17,25H,6H2,1-5H3,(H,30,33)(H,31,32). The van der Waals surface area contributed by atoms with E-state index in [-0.39, 0.29) is 11.2 Å². The SMILES string of the molecule is CCC(Sc1nc(-c2ccc(C)cc2)c(-c2ccc(C)cc2)[nH]1)C(=O)Nc1cccc(C)c1C. The molecule has 1 aromatic heterocycles. The number of H-pyrrole nitrogens is 1. The highest BCUT2D eigenvalue weighted by Gasteiger charge is 2.22. The Morgan fingerprint density at radius 2 is 1.53 bits per heavy atom. The molecule has 0 saturated heterocycles. The van der Waals surface area contributed by atoms with Gasteiger partial charge in [-0.05, 0) is 51.3 Å². The highest BCUT2D eigenvalue weighted by Crippen LogP contribution is 2.35. The first-order valence-electron chi connectivity index (χ1n) is 11.6. The van der Waals surface area contributed by atoms with Crippen LogP contribution in [0.15, 0.2) is 71.9 Å². The van der Waals surface area contributed by atoms with Crippen LogP contribution in [0.3, 0.4) is 0 Å². The first-order valence-corrected chi connectivity index (χ1v) is 12.5. The predicted molar refractivity (Wildman–Crippen MR) is 143 cm³/mol. The van der Waals surface area contributed by atoms with Gasteiger partial charge in [-0.15, -0.1) is 0 Å². The highest BCUT2D eigenvalue weighted by atomic mass is 32.2. The number of aryl methyl sites for hydroxylation is 3. The van der Waals surface area contributed by atoms with Crippen molar-refractivity contribution in [1.82, 2.24) is 9.97 Å². The number of hydrogen-bond donors (Lipinski definition) is 2. The van der Waals surface area contributed by atoms with E-state index in [1.165, 1.54) is 22.9 Å². The van der Waals surface area contributed by atoms with E-state index in [0.717, 1.165) is 44.5 Å². The van der Waals surface area contributed by atoms with E-state index in [1.54, 1.807) is 0 Å². The molecule has 0 aliphatic carbocycles. The number of aromatic amines is 1. The van der Waals surface area contributed by atoms with E-state index >= 15 is 0 Å². The van der Waals surface area contributed by atoms with E-state index in [1.807, 2.05) is 26.0 Å². The molecule has 4 nitrogen and oxygen atoms in total. The molecule has 0 aliphatic rings. The molecule has 34 heavy (non-hydrogen) atoms. The largest absolute Gasteiger partial charge is 0.332 e. The number of carbonyl (C=O) groups is 1. The summed E-state index contributed by atoms with van der Waals surface area (Å²) in [7, 11) is 0. The molecule has 0 spiro atoms. The number of carbonyl (C=O) groups excluding carboxylic acids is 1. The number of amides is 1. The average Bonchev–Trinajstić information content (AvgIpc) is 3.25. The molecule has 1 amide bonds. The molecule has 1 heterocycles. The number of benzene rings is 3. The van der Waals surface area contributed by atoms with Crippen LogP contribution in [0.5, 0.6) is 0 Å². The van der Waals surface area contributed by atoms with Gasteiger partial charge < -0.3 is 10.3 Å². The van der Waals surface area contributed by atoms with Crippen molar-refractivity contribution in [2.45, 2.75) is 51.4 Å². The van der Waals surface area contributed by atoms with E-state index in [9.17, 15) is 4.79 Å². The minimum absolute atomic E-state index is 0.00799. The summed E-state index contributed by atoms with van der Waals surface area (Å²) < 4.78 is 0. The first kappa shape index (κ1) is 23.8. The lowest BCUT2D eigenvalue weighted by Crippen LogP contribution is -2.25. The Hall–Kier alpha value is -3.31. The lowest BCUT2D eigenvalue weighted by Gasteiger charge is -2.15. The Bertz CT molecular complexity index is 1230. The molecular weight excluding hydrogens is 438 g/mol. The molecule has 0 saturated carbocycles. The predicted octanol–water partition coefficient (Wildman–Crippen LogP) is 7.49. The van der Waals surface area contributed by atoms with Crippen LogP contribution >= 0.6 is 11.8 Å². The van der Waals surface area contributed by atoms with Crippen LogP contribution in [-0.4, -0.2) is 21.1 Å². The fraction of sp³-hybridized carbons (Fsp3) is 0.241. The number of rotatable bonds is 7. The lowest BCUT2D eigenvalue weighted by atomic mass is 10.0. The Morgan fingerprint density at radius 3 is 2.15 bits per heavy atom. The maximum Gasteiger partial charge on any atom is 0.237 e. The van der Waals surface area contributed by atoms with Crippen molar-refractivity contribution in [1.29, 1.82) is 0 Å². The molecule has 174 valence electrons. The number of aromatic nitrogens is 2. The van der Waals surface area contributed by atoms with Crippen LogP contribution in [0.25, 0.3) is 22.5 Å². The number of thioether (sulfide) groups is 1. The van der Waals surface area contributed by atoms with Crippen LogP contribution in [0.1, 0.15) is 35.6 Å². The molecule has 0 radical (unpaired) electrons. The summed E-state index contributed by atoms with van der Waals surface area (Å²) in [5.41, 5.74) is 9.54. The molecule has 4 aromatic rings. The second-order valence-corrected chi connectivity index (χ2v) is 9.94. The van der Waals surface area contributed by atoms with Crippen molar-refractivity contribution in [2.24, 2.45) is 0 Å². The van der Waals surface area contributed by atoms with Gasteiger partial charge >= 0.3 is 0 Å². The molecule has 2 N–H and O–H groups in total. The number of nitrogens with zero attached hydrogens (tertiary/aromatic N) is 1. The Morgan fingerprint density at radius 1 is 0.912 bits per heavy atom. The van der Waals surface area contributed by atoms with Crippen LogP contribution in [0.2, 0.25) is 0 Å². The minimum Gasteiger partial charge on any atom is -0.332 e. The fourth-order valence-corrected chi connectivity index (χ4v) is 4.72. The third-order valence-electron chi connectivity index (χ3n) is 6.13. The molecular formula is C29H31N3OS. The van der Waals surface area contributed by atoms with Crippen molar-refractivity contribution in [3.05, 3.63) is 89.0 Å². The van der Waals surface area contributed by atoms with Gasteiger partial charge in [0.25, 0.3) is 0 Å². The number of imidazole rings is 1. The smallest absolute Gasteiger partial charge is 0.237 e. The van der Waals surface area contributed by atoms with Gasteiger partial charge in [0.15, 0.2) is 5.16 Å². The van der Waals surface area contributed by atoms with Gasteiger partial charge in [0.05, 0.1) is 16.6 Å². The van der Waals surface area contributed by atoms with E-state index in [2.05, 4.69) is 85.7 Å². The van der Waals surface area contributed by atoms with Crippen molar-refractivity contribution < 1.29 is 4.79 Å². The van der Waals surface area contributed by atoms with Crippen molar-refractivity contribution >= 4 is 23.4 Å². The van der Waals surface area contributed by atoms with Crippen LogP contribution in [0, 0.1) is 27.7 Å². The molecule has 0 aliphatic heterocycles. The average molecular weight is 470 g/mol. The molecule has 4 rings (SSSR count). The van der Waals surface area contributed by atoms with Gasteiger partial charge in [-0.1, -0.05) is 90.5 Å². The second-order valence-electron chi connectivity index (χ2n) is 8.75. The van der Waals surface area contributed by atoms with Gasteiger partial charge in [-0.2, -0.15) is 0 Å². The van der Waals surface area contributed by atoms with Gasteiger partial charge in [0, 0.05) is 16.8 Å². The summed E-state index contributed by atoms with van der Waals surface area (Å²) in [5.74, 6) is -0.00799. The topological polar surface area (TPSA) is 57.8 Å². The summed E-state index contributed by atoms with van der Waals surface area (Å²) in [6.07, 6.45) is 0.696. The minimum atomic E-state index is -0.261. The number of hydrogen-bond acceptors (Lipinski definition) is 3. The van der Waals surface area contributed by atoms with E-state index in [4.69, 9.17) is 4.98 Å². The molecule has 1 atom stereocenters. The summed E-state index contributed by atoms with van der Waals surface area (Å²) in [4.78, 5) is 21.6. The third-order valence-corrected chi connectivity index (χ3v) is 7.38. The number of anilines is 1. The second kappa shape index (κ2) is 10.3.